The van der Waals surface area contributed by atoms with Crippen LogP contribution in [0.15, 0.2) is 0 Å². The number of aliphatic hydroxyl groups is 7. The topological polar surface area (TPSA) is 365 Å². The second kappa shape index (κ2) is 41.6. The summed E-state index contributed by atoms with van der Waals surface area (Å²) in [7, 11) is 0. The lowest BCUT2D eigenvalue weighted by atomic mass is 9.84. The highest BCUT2D eigenvalue weighted by molar-refractivity contribution is 5.96. The first-order valence-corrected chi connectivity index (χ1v) is 32.9. The van der Waals surface area contributed by atoms with Crippen molar-refractivity contribution in [3.05, 3.63) is 0 Å². The molecule has 8 N–H and O–H groups in total. The van der Waals surface area contributed by atoms with Crippen LogP contribution in [0.25, 0.3) is 0 Å². The van der Waals surface area contributed by atoms with Gasteiger partial charge < -0.3 is 93.7 Å². The van der Waals surface area contributed by atoms with Crippen LogP contribution in [-0.2, 0) is 57.1 Å². The van der Waals surface area contributed by atoms with Gasteiger partial charge in [-0.1, -0.05) is 0 Å². The Hall–Kier alpha value is -4.67. The molecule has 26 nitrogen and oxygen atoms in total. The van der Waals surface area contributed by atoms with Crippen LogP contribution in [0.1, 0.15) is 203 Å². The Morgan fingerprint density at radius 2 is 0.638 bits per heavy atom. The van der Waals surface area contributed by atoms with Gasteiger partial charge in [0.2, 0.25) is 0 Å². The summed E-state index contributed by atoms with van der Waals surface area (Å²) in [4.78, 5) is 99.1. The van der Waals surface area contributed by atoms with Crippen LogP contribution in [0.5, 0.6) is 0 Å². The summed E-state index contributed by atoms with van der Waals surface area (Å²) in [5.41, 5.74) is -4.30. The SMILES string of the molecule is CC(C)(C)OC(=O)C(C(=O)OC(C)(C)C)C(O)C1CCN(C(=O)OC(C)(C)C)CC1.CC(C)(C)OC(=O)CC(=O)OC(C)(C)C.CC(C)(C)OC(=O)N1CCC(C(O)C(CO)CO)CC1.CC(C)(C)OC(=O)N1CCC(C=O)CC1.Cl.OCC(CO)C(O)C1CCNCC1. The van der Waals surface area contributed by atoms with Crippen molar-refractivity contribution in [2.75, 3.05) is 78.8 Å². The number of carbonyl (C=O) groups is 8. The lowest BCUT2D eigenvalue weighted by Crippen LogP contribution is -2.49. The number of hydrogen-bond donors (Lipinski definition) is 8. The zero-order valence-corrected chi connectivity index (χ0v) is 61.5. The number of nitrogens with zero attached hydrogens (tertiary/aromatic N) is 3. The Balaban J connectivity index is 0. The van der Waals surface area contributed by atoms with E-state index < -0.39 is 99.3 Å². The number of rotatable bonds is 15. The fourth-order valence-electron chi connectivity index (χ4n) is 9.80. The van der Waals surface area contributed by atoms with Crippen LogP contribution < -0.4 is 5.32 Å². The Kier molecular flexibility index (Phi) is 40.4. The lowest BCUT2D eigenvalue weighted by molar-refractivity contribution is -0.182. The van der Waals surface area contributed by atoms with E-state index in [1.807, 2.05) is 41.5 Å². The highest BCUT2D eigenvalue weighted by Crippen LogP contribution is 2.31. The van der Waals surface area contributed by atoms with Crippen molar-refractivity contribution in [1.29, 1.82) is 0 Å². The van der Waals surface area contributed by atoms with E-state index in [4.69, 9.17) is 53.6 Å². The molecule has 4 saturated heterocycles. The minimum Gasteiger partial charge on any atom is -0.460 e. The molecule has 552 valence electrons. The summed E-state index contributed by atoms with van der Waals surface area (Å²) in [5.74, 6) is -5.07. The first kappa shape index (κ1) is 91.4. The van der Waals surface area contributed by atoms with E-state index in [-0.39, 0.29) is 87.0 Å². The Morgan fingerprint density at radius 3 is 0.883 bits per heavy atom. The normalized spacial score (nSPS) is 17.7. The highest BCUT2D eigenvalue weighted by Gasteiger charge is 2.45. The molecule has 3 unspecified atom stereocenters. The molecule has 0 aliphatic carbocycles. The van der Waals surface area contributed by atoms with Gasteiger partial charge in [-0.15, -0.1) is 12.4 Å². The summed E-state index contributed by atoms with van der Waals surface area (Å²) in [6.07, 6.45) is 2.60. The predicted octanol–water partition coefficient (Wildman–Crippen LogP) is 7.15. The van der Waals surface area contributed by atoms with Crippen LogP contribution in [0.4, 0.5) is 14.4 Å². The maximum absolute atomic E-state index is 12.7. The average molecular weight is 1370 g/mol. The summed E-state index contributed by atoms with van der Waals surface area (Å²) >= 11 is 0. The van der Waals surface area contributed by atoms with Crippen molar-refractivity contribution in [1.82, 2.24) is 20.0 Å². The molecule has 4 aliphatic rings. The molecule has 3 atom stereocenters. The molecule has 4 rings (SSSR count). The fourth-order valence-corrected chi connectivity index (χ4v) is 9.80. The van der Waals surface area contributed by atoms with Gasteiger partial charge >= 0.3 is 42.2 Å². The minimum absolute atomic E-state index is 0. The molecule has 0 radical (unpaired) electrons. The molecular formula is C67H125ClN4O22. The van der Waals surface area contributed by atoms with Crippen molar-refractivity contribution < 1.29 is 107 Å². The molecule has 0 saturated carbocycles. The molecule has 3 amide bonds. The second-order valence-electron chi connectivity index (χ2n) is 31.3. The van der Waals surface area contributed by atoms with E-state index in [1.165, 1.54) is 0 Å². The number of aliphatic hydroxyl groups excluding tert-OH is 7. The number of amides is 3. The molecule has 94 heavy (non-hydrogen) atoms. The standard InChI is InChI=1S/C22H39NO7.C14H27NO5.C11H19NO3.C11H20O4.C9H19NO3.ClH/c1-20(2,3)28-17(25)15(18(26)29-21(4,5)6)16(24)14-10-12-23(13-11-14)19(27)30-22(7,8)9;1-14(2,3)20-13(19)15-6-4-10(5-7-15)12(18)11(8-16)9-17;1-11(2,3)15-10(14)12-6-4-9(8-13)5-7-12;1-10(2,3)14-8(12)7-9(13)15-11(4,5)6;11-5-8(6-12)9(13)7-1-3-10-4-2-7;/h14-16,24H,10-13H2,1-9H3;10-12,16-18H,4-9H2,1-3H3;8-9H,4-7H2,1-3H3;7H2,1-6H3;7-13H,1-6H2;1H. The van der Waals surface area contributed by atoms with Crippen LogP contribution in [-0.4, -0.2) is 235 Å². The minimum atomic E-state index is -1.44. The molecule has 4 aliphatic heterocycles. The summed E-state index contributed by atoms with van der Waals surface area (Å²) < 4.78 is 36.7. The van der Waals surface area contributed by atoms with E-state index >= 15 is 0 Å². The van der Waals surface area contributed by atoms with Crippen LogP contribution in [0.2, 0.25) is 0 Å². The molecule has 0 aromatic rings. The number of halogens is 1. The Labute approximate surface area is 566 Å². The first-order valence-electron chi connectivity index (χ1n) is 32.9. The fraction of sp³-hybridized carbons (Fsp3) is 0.881. The second-order valence-corrected chi connectivity index (χ2v) is 31.3. The Bertz CT molecular complexity index is 2170. The van der Waals surface area contributed by atoms with Gasteiger partial charge in [-0.3, -0.25) is 19.2 Å². The van der Waals surface area contributed by atoms with E-state index in [1.54, 1.807) is 119 Å². The van der Waals surface area contributed by atoms with Crippen molar-refractivity contribution in [3.8, 4) is 0 Å². The maximum Gasteiger partial charge on any atom is 0.410 e. The van der Waals surface area contributed by atoms with Gasteiger partial charge in [0.25, 0.3) is 0 Å². The van der Waals surface area contributed by atoms with Gasteiger partial charge in [-0.05, 0) is 228 Å². The van der Waals surface area contributed by atoms with E-state index in [0.717, 1.165) is 45.1 Å². The summed E-state index contributed by atoms with van der Waals surface area (Å²) in [5, 5.41) is 70.0. The third kappa shape index (κ3) is 40.8. The molecule has 0 spiro atoms. The lowest BCUT2D eigenvalue weighted by Gasteiger charge is -2.37. The molecule has 0 aromatic carbocycles. The predicted molar refractivity (Wildman–Crippen MR) is 355 cm³/mol. The molecular weight excluding hydrogens is 1250 g/mol. The van der Waals surface area contributed by atoms with Gasteiger partial charge in [0, 0.05) is 57.0 Å². The van der Waals surface area contributed by atoms with Crippen molar-refractivity contribution >= 4 is 60.9 Å². The zero-order chi connectivity index (χ0) is 72.3. The maximum atomic E-state index is 12.7. The van der Waals surface area contributed by atoms with Gasteiger partial charge in [0.1, 0.15) is 51.9 Å². The number of esters is 4. The van der Waals surface area contributed by atoms with E-state index in [2.05, 4.69) is 5.32 Å². The Morgan fingerprint density at radius 1 is 0.394 bits per heavy atom. The van der Waals surface area contributed by atoms with E-state index in [0.29, 0.717) is 65.0 Å². The molecule has 0 bridgehead atoms. The third-order valence-corrected chi connectivity index (χ3v) is 14.3. The number of carbonyl (C=O) groups excluding carboxylic acids is 8. The molecule has 4 heterocycles. The summed E-state index contributed by atoms with van der Waals surface area (Å²) in [6.45, 7) is 41.3. The quantitative estimate of drug-likeness (QED) is 0.0349. The number of hydrogen-bond acceptors (Lipinski definition) is 23. The summed E-state index contributed by atoms with van der Waals surface area (Å²) in [6, 6.07) is 0. The van der Waals surface area contributed by atoms with Gasteiger partial charge in [0.15, 0.2) is 5.92 Å². The zero-order valence-electron chi connectivity index (χ0n) is 60.7. The van der Waals surface area contributed by atoms with Crippen molar-refractivity contribution in [2.24, 2.45) is 41.4 Å². The highest BCUT2D eigenvalue weighted by atomic mass is 35.5. The smallest absolute Gasteiger partial charge is 0.410 e. The monoisotopic (exact) mass is 1370 g/mol. The number of nitrogens with one attached hydrogen (secondary N) is 1. The molecule has 27 heteroatoms. The number of aldehydes is 1. The number of ether oxygens (including phenoxy) is 7. The number of piperidine rings is 4. The van der Waals surface area contributed by atoms with Crippen LogP contribution in [0.3, 0.4) is 0 Å². The van der Waals surface area contributed by atoms with Gasteiger partial charge in [-0.25, -0.2) is 14.4 Å². The molecule has 0 aromatic heterocycles. The number of likely N-dealkylation sites (tertiary alicyclic amines) is 3. The van der Waals surface area contributed by atoms with Crippen LogP contribution in [0, 0.1) is 41.4 Å². The van der Waals surface area contributed by atoms with Crippen molar-refractivity contribution in [2.45, 2.75) is 261 Å². The largest absolute Gasteiger partial charge is 0.460 e. The van der Waals surface area contributed by atoms with Crippen molar-refractivity contribution in [3.63, 3.8) is 0 Å². The van der Waals surface area contributed by atoms with Crippen LogP contribution >= 0.6 is 12.4 Å². The van der Waals surface area contributed by atoms with E-state index in [9.17, 15) is 53.7 Å². The van der Waals surface area contributed by atoms with Gasteiger partial charge in [0.05, 0.1) is 44.7 Å². The molecule has 4 fully saturated rings. The van der Waals surface area contributed by atoms with Gasteiger partial charge in [-0.2, -0.15) is 0 Å². The first-order chi connectivity index (χ1) is 42.4. The third-order valence-electron chi connectivity index (χ3n) is 14.3. The average Bonchev–Trinajstić information content (AvgIpc) is 0.855.